The van der Waals surface area contributed by atoms with E-state index in [1.807, 2.05) is 12.1 Å². The lowest BCUT2D eigenvalue weighted by atomic mass is 9.76. The van der Waals surface area contributed by atoms with Gasteiger partial charge in [-0.05, 0) is 48.9 Å². The predicted molar refractivity (Wildman–Crippen MR) is 91.8 cm³/mol. The molecule has 0 N–H and O–H groups in total. The average Bonchev–Trinajstić information content (AvgIpc) is 3.27. The highest BCUT2D eigenvalue weighted by molar-refractivity contribution is 5.90. The van der Waals surface area contributed by atoms with Crippen LogP contribution in [0.2, 0.25) is 0 Å². The first-order valence-electron chi connectivity index (χ1n) is 8.80. The molecule has 6 nitrogen and oxygen atoms in total. The van der Waals surface area contributed by atoms with Crippen molar-refractivity contribution in [1.82, 2.24) is 0 Å². The highest BCUT2D eigenvalue weighted by Crippen LogP contribution is 2.70. The minimum absolute atomic E-state index is 0.0493. The summed E-state index contributed by atoms with van der Waals surface area (Å²) in [6.45, 7) is 0. The summed E-state index contributed by atoms with van der Waals surface area (Å²) < 4.78 is 12.1. The predicted octanol–water partition coefficient (Wildman–Crippen LogP) is 3.52. The Hall–Kier alpha value is -2.73. The van der Waals surface area contributed by atoms with E-state index in [9.17, 15) is 14.9 Å². The SMILES string of the molecule is O=C(O[C@@H]1CC[C@]23CCc4ccccc4[C@]12O3)c1ccc([N+](=O)[O-])cc1. The van der Waals surface area contributed by atoms with Gasteiger partial charge in [-0.15, -0.1) is 0 Å². The van der Waals surface area contributed by atoms with Crippen molar-refractivity contribution in [3.8, 4) is 0 Å². The molecule has 0 radical (unpaired) electrons. The minimum atomic E-state index is -0.516. The van der Waals surface area contributed by atoms with Gasteiger partial charge in [0.2, 0.25) is 0 Å². The maximum Gasteiger partial charge on any atom is 0.338 e. The molecule has 1 heterocycles. The minimum Gasteiger partial charge on any atom is -0.455 e. The third-order valence-electron chi connectivity index (χ3n) is 6.03. The number of epoxide rings is 1. The highest BCUT2D eigenvalue weighted by Gasteiger charge is 2.80. The molecule has 5 rings (SSSR count). The number of carbonyl (C=O) groups is 1. The standard InChI is InChI=1S/C20H17NO5/c22-18(14-5-7-15(8-6-14)21(23)24)25-17-10-12-19-11-9-13-3-1-2-4-16(13)20(17,19)26-19/h1-8,17H,9-12H2/t17-,19-,20+/m1/s1. The Morgan fingerprint density at radius 2 is 1.92 bits per heavy atom. The molecule has 0 unspecified atom stereocenters. The fourth-order valence-corrected chi connectivity index (χ4v) is 4.78. The number of ether oxygens (including phenoxy) is 2. The van der Waals surface area contributed by atoms with E-state index in [1.165, 1.54) is 29.8 Å². The van der Waals surface area contributed by atoms with E-state index < -0.39 is 16.5 Å². The van der Waals surface area contributed by atoms with Crippen LogP contribution in [-0.2, 0) is 21.5 Å². The number of fused-ring (bicyclic) bond motifs is 1. The summed E-state index contributed by atoms with van der Waals surface area (Å²) in [6, 6.07) is 13.7. The second-order valence-corrected chi connectivity index (χ2v) is 7.23. The second kappa shape index (κ2) is 5.14. The maximum absolute atomic E-state index is 12.6. The summed E-state index contributed by atoms with van der Waals surface area (Å²) in [7, 11) is 0. The van der Waals surface area contributed by atoms with Crippen LogP contribution in [0.25, 0.3) is 0 Å². The fourth-order valence-electron chi connectivity index (χ4n) is 4.78. The summed E-state index contributed by atoms with van der Waals surface area (Å²) in [6.07, 6.45) is 3.27. The van der Waals surface area contributed by atoms with Gasteiger partial charge in [-0.3, -0.25) is 10.1 Å². The molecule has 2 aliphatic carbocycles. The number of carbonyl (C=O) groups excluding carboxylic acids is 1. The Balaban J connectivity index is 1.42. The number of nitrogens with zero attached hydrogens (tertiary/aromatic N) is 1. The van der Waals surface area contributed by atoms with Crippen molar-refractivity contribution in [3.63, 3.8) is 0 Å². The number of nitro benzene ring substituents is 1. The van der Waals surface area contributed by atoms with Crippen molar-refractivity contribution in [1.29, 1.82) is 0 Å². The summed E-state index contributed by atoms with van der Waals surface area (Å²) in [5.41, 5.74) is 1.96. The monoisotopic (exact) mass is 351 g/mol. The molecular formula is C20H17NO5. The first kappa shape index (κ1) is 15.5. The van der Waals surface area contributed by atoms with Crippen molar-refractivity contribution >= 4 is 11.7 Å². The molecule has 0 aromatic heterocycles. The molecule has 6 heteroatoms. The van der Waals surface area contributed by atoms with Crippen LogP contribution in [0.4, 0.5) is 5.69 Å². The lowest BCUT2D eigenvalue weighted by Crippen LogP contribution is -2.35. The van der Waals surface area contributed by atoms with Gasteiger partial charge >= 0.3 is 5.97 Å². The summed E-state index contributed by atoms with van der Waals surface area (Å²) in [5, 5.41) is 10.8. The first-order chi connectivity index (χ1) is 12.6. The largest absolute Gasteiger partial charge is 0.455 e. The van der Waals surface area contributed by atoms with Crippen LogP contribution in [0.5, 0.6) is 0 Å². The molecule has 1 saturated heterocycles. The van der Waals surface area contributed by atoms with E-state index in [-0.39, 0.29) is 17.4 Å². The normalized spacial score (nSPS) is 30.7. The fraction of sp³-hybridized carbons (Fsp3) is 0.350. The Labute approximate surface area is 149 Å². The van der Waals surface area contributed by atoms with Crippen molar-refractivity contribution in [2.24, 2.45) is 0 Å². The number of non-ortho nitro benzene ring substituents is 1. The number of benzene rings is 2. The molecule has 1 aliphatic heterocycles. The van der Waals surface area contributed by atoms with E-state index >= 15 is 0 Å². The van der Waals surface area contributed by atoms with E-state index in [1.54, 1.807) is 0 Å². The van der Waals surface area contributed by atoms with Crippen LogP contribution in [0.15, 0.2) is 48.5 Å². The molecule has 26 heavy (non-hydrogen) atoms. The van der Waals surface area contributed by atoms with Crippen LogP contribution < -0.4 is 0 Å². The summed E-state index contributed by atoms with van der Waals surface area (Å²) in [4.78, 5) is 22.8. The molecular weight excluding hydrogens is 334 g/mol. The Morgan fingerprint density at radius 3 is 2.69 bits per heavy atom. The van der Waals surface area contributed by atoms with Crippen molar-refractivity contribution in [2.75, 3.05) is 0 Å². The number of aryl methyl sites for hydroxylation is 1. The molecule has 2 fully saturated rings. The summed E-state index contributed by atoms with van der Waals surface area (Å²) in [5.74, 6) is -0.464. The van der Waals surface area contributed by atoms with Gasteiger partial charge in [0.25, 0.3) is 5.69 Å². The number of rotatable bonds is 3. The Morgan fingerprint density at radius 1 is 1.15 bits per heavy atom. The third-order valence-corrected chi connectivity index (χ3v) is 6.03. The number of esters is 1. The Kier molecular flexibility index (Phi) is 3.07. The van der Waals surface area contributed by atoms with Gasteiger partial charge in [0.05, 0.1) is 10.5 Å². The Bertz CT molecular complexity index is 924. The van der Waals surface area contributed by atoms with Gasteiger partial charge in [-0.1, -0.05) is 24.3 Å². The van der Waals surface area contributed by atoms with E-state index in [2.05, 4.69) is 12.1 Å². The summed E-state index contributed by atoms with van der Waals surface area (Å²) >= 11 is 0. The van der Waals surface area contributed by atoms with E-state index in [4.69, 9.17) is 9.47 Å². The first-order valence-corrected chi connectivity index (χ1v) is 8.80. The van der Waals surface area contributed by atoms with E-state index in [0.29, 0.717) is 5.56 Å². The molecule has 3 atom stereocenters. The third kappa shape index (κ3) is 1.93. The molecule has 2 aromatic rings. The topological polar surface area (TPSA) is 82.0 Å². The van der Waals surface area contributed by atoms with Gasteiger partial charge in [0.1, 0.15) is 11.7 Å². The second-order valence-electron chi connectivity index (χ2n) is 7.23. The number of hydrogen-bond donors (Lipinski definition) is 0. The van der Waals surface area contributed by atoms with Gasteiger partial charge in [-0.25, -0.2) is 4.79 Å². The average molecular weight is 351 g/mol. The zero-order valence-electron chi connectivity index (χ0n) is 14.0. The smallest absolute Gasteiger partial charge is 0.338 e. The van der Waals surface area contributed by atoms with Crippen LogP contribution in [-0.4, -0.2) is 22.6 Å². The lowest BCUT2D eigenvalue weighted by Gasteiger charge is -2.27. The molecule has 132 valence electrons. The number of hydrogen-bond acceptors (Lipinski definition) is 5. The van der Waals surface area contributed by atoms with Crippen molar-refractivity contribution in [3.05, 3.63) is 75.3 Å². The quantitative estimate of drug-likeness (QED) is 0.366. The van der Waals surface area contributed by atoms with Gasteiger partial charge < -0.3 is 9.47 Å². The maximum atomic E-state index is 12.6. The number of nitro groups is 1. The molecule has 0 spiro atoms. The molecule has 0 bridgehead atoms. The van der Waals surface area contributed by atoms with Crippen LogP contribution in [0.3, 0.4) is 0 Å². The molecule has 1 saturated carbocycles. The highest BCUT2D eigenvalue weighted by atomic mass is 16.7. The van der Waals surface area contributed by atoms with Crippen LogP contribution in [0, 0.1) is 10.1 Å². The molecule has 3 aliphatic rings. The van der Waals surface area contributed by atoms with Gasteiger partial charge in [0, 0.05) is 12.1 Å². The van der Waals surface area contributed by atoms with E-state index in [0.717, 1.165) is 31.2 Å². The van der Waals surface area contributed by atoms with Crippen molar-refractivity contribution < 1.29 is 19.2 Å². The van der Waals surface area contributed by atoms with Crippen molar-refractivity contribution in [2.45, 2.75) is 43.0 Å². The van der Waals surface area contributed by atoms with Crippen LogP contribution in [0.1, 0.15) is 40.7 Å². The molecule has 0 amide bonds. The zero-order valence-corrected chi connectivity index (χ0v) is 14.0. The zero-order chi connectivity index (χ0) is 17.9. The van der Waals surface area contributed by atoms with Crippen LogP contribution >= 0.6 is 0 Å². The molecule has 2 aromatic carbocycles. The van der Waals surface area contributed by atoms with Gasteiger partial charge in [-0.2, -0.15) is 0 Å². The van der Waals surface area contributed by atoms with Gasteiger partial charge in [0.15, 0.2) is 5.60 Å². The lowest BCUT2D eigenvalue weighted by molar-refractivity contribution is -0.384.